The summed E-state index contributed by atoms with van der Waals surface area (Å²) in [6.07, 6.45) is 2.14. The topological polar surface area (TPSA) is 39.7 Å². The van der Waals surface area contributed by atoms with Crippen LogP contribution in [-0.2, 0) is 6.42 Å². The lowest BCUT2D eigenvalue weighted by molar-refractivity contribution is 0.795. The Morgan fingerprint density at radius 1 is 1.05 bits per heavy atom. The lowest BCUT2D eigenvalue weighted by atomic mass is 10.1. The van der Waals surface area contributed by atoms with Crippen LogP contribution in [-0.4, -0.2) is 39.7 Å². The van der Waals surface area contributed by atoms with Crippen molar-refractivity contribution >= 4 is 35.6 Å². The summed E-state index contributed by atoms with van der Waals surface area (Å²) in [6.45, 7) is 6.82. The van der Waals surface area contributed by atoms with E-state index in [4.69, 9.17) is 0 Å². The van der Waals surface area contributed by atoms with Crippen molar-refractivity contribution in [3.8, 4) is 0 Å². The van der Waals surface area contributed by atoms with E-state index in [-0.39, 0.29) is 24.0 Å². The molecule has 0 spiro atoms. The van der Waals surface area contributed by atoms with E-state index in [9.17, 15) is 0 Å². The zero-order valence-corrected chi connectivity index (χ0v) is 16.0. The van der Waals surface area contributed by atoms with Crippen molar-refractivity contribution < 1.29 is 0 Å². The van der Waals surface area contributed by atoms with Crippen LogP contribution in [0.1, 0.15) is 25.8 Å². The van der Waals surface area contributed by atoms with Crippen molar-refractivity contribution in [2.45, 2.75) is 26.7 Å². The number of nitrogens with one attached hydrogen (secondary N) is 2. The molecule has 4 nitrogen and oxygen atoms in total. The largest absolute Gasteiger partial charge is 0.378 e. The van der Waals surface area contributed by atoms with Gasteiger partial charge in [0.05, 0.1) is 0 Å². The van der Waals surface area contributed by atoms with Gasteiger partial charge in [0.15, 0.2) is 5.96 Å². The minimum Gasteiger partial charge on any atom is -0.378 e. The maximum atomic E-state index is 4.55. The van der Waals surface area contributed by atoms with Crippen LogP contribution in [0.2, 0.25) is 0 Å². The lowest BCUT2D eigenvalue weighted by Gasteiger charge is -2.12. The van der Waals surface area contributed by atoms with Crippen LogP contribution in [0.4, 0.5) is 5.69 Å². The third kappa shape index (κ3) is 8.14. The average Bonchev–Trinajstić information content (AvgIpc) is 2.44. The van der Waals surface area contributed by atoms with Gasteiger partial charge >= 0.3 is 0 Å². The van der Waals surface area contributed by atoms with Gasteiger partial charge in [0.2, 0.25) is 0 Å². The molecular weight excluding hydrogens is 375 g/mol. The third-order valence-corrected chi connectivity index (χ3v) is 3.03. The van der Waals surface area contributed by atoms with Gasteiger partial charge in [-0.3, -0.25) is 4.99 Å². The fourth-order valence-electron chi connectivity index (χ4n) is 1.94. The van der Waals surface area contributed by atoms with Gasteiger partial charge in [-0.1, -0.05) is 12.1 Å². The quantitative estimate of drug-likeness (QED) is 0.318. The molecule has 2 N–H and O–H groups in total. The highest BCUT2D eigenvalue weighted by Gasteiger charge is 1.97. The number of nitrogens with zero attached hydrogens (tertiary/aromatic N) is 2. The number of anilines is 1. The van der Waals surface area contributed by atoms with Crippen LogP contribution in [0.15, 0.2) is 29.3 Å². The van der Waals surface area contributed by atoms with E-state index in [0.717, 1.165) is 38.4 Å². The number of halogens is 1. The summed E-state index contributed by atoms with van der Waals surface area (Å²) in [4.78, 5) is 6.67. The molecule has 0 saturated heterocycles. The SMILES string of the molecule is CCNC(=NCCCc1ccc(N(C)C)cc1)NCC.I. The second-order valence-corrected chi connectivity index (χ2v) is 4.96. The predicted molar refractivity (Wildman–Crippen MR) is 104 cm³/mol. The van der Waals surface area contributed by atoms with E-state index in [1.807, 2.05) is 0 Å². The molecule has 0 saturated carbocycles. The number of aryl methyl sites for hydroxylation is 1. The summed E-state index contributed by atoms with van der Waals surface area (Å²) >= 11 is 0. The van der Waals surface area contributed by atoms with Crippen LogP contribution in [0, 0.1) is 0 Å². The molecule has 0 bridgehead atoms. The summed E-state index contributed by atoms with van der Waals surface area (Å²) in [5, 5.41) is 6.47. The Balaban J connectivity index is 0.00000400. The molecule has 0 aliphatic carbocycles. The van der Waals surface area contributed by atoms with E-state index in [2.05, 4.69) is 72.7 Å². The van der Waals surface area contributed by atoms with Crippen molar-refractivity contribution in [3.63, 3.8) is 0 Å². The Morgan fingerprint density at radius 3 is 2.10 bits per heavy atom. The molecule has 5 heteroatoms. The molecule has 0 amide bonds. The predicted octanol–water partition coefficient (Wildman–Crippen LogP) is 2.88. The third-order valence-electron chi connectivity index (χ3n) is 3.03. The van der Waals surface area contributed by atoms with Gasteiger partial charge in [-0.05, 0) is 44.4 Å². The van der Waals surface area contributed by atoms with E-state index in [0.29, 0.717) is 0 Å². The van der Waals surface area contributed by atoms with Gasteiger partial charge in [-0.15, -0.1) is 24.0 Å². The summed E-state index contributed by atoms with van der Waals surface area (Å²) in [5.41, 5.74) is 2.62. The molecule has 0 radical (unpaired) electrons. The van der Waals surface area contributed by atoms with Crippen molar-refractivity contribution in [2.75, 3.05) is 38.6 Å². The number of guanidine groups is 1. The van der Waals surface area contributed by atoms with Gasteiger partial charge in [0.1, 0.15) is 0 Å². The summed E-state index contributed by atoms with van der Waals surface area (Å²) in [7, 11) is 4.12. The molecule has 1 aromatic carbocycles. The monoisotopic (exact) mass is 404 g/mol. The van der Waals surface area contributed by atoms with Crippen LogP contribution < -0.4 is 15.5 Å². The molecule has 0 atom stereocenters. The Bertz CT molecular complexity index is 393. The molecule has 1 rings (SSSR count). The molecule has 0 aliphatic rings. The number of hydrogen-bond donors (Lipinski definition) is 2. The Labute approximate surface area is 146 Å². The van der Waals surface area contributed by atoms with Gasteiger partial charge in [-0.2, -0.15) is 0 Å². The lowest BCUT2D eigenvalue weighted by Crippen LogP contribution is -2.37. The van der Waals surface area contributed by atoms with E-state index in [1.54, 1.807) is 0 Å². The second kappa shape index (κ2) is 11.7. The van der Waals surface area contributed by atoms with Gasteiger partial charge in [0, 0.05) is 39.4 Å². The second-order valence-electron chi connectivity index (χ2n) is 4.96. The van der Waals surface area contributed by atoms with E-state index >= 15 is 0 Å². The number of benzene rings is 1. The van der Waals surface area contributed by atoms with Gasteiger partial charge in [-0.25, -0.2) is 0 Å². The summed E-state index contributed by atoms with van der Waals surface area (Å²) < 4.78 is 0. The maximum absolute atomic E-state index is 4.55. The summed E-state index contributed by atoms with van der Waals surface area (Å²) in [5.74, 6) is 0.915. The molecule has 21 heavy (non-hydrogen) atoms. The van der Waals surface area contributed by atoms with E-state index in [1.165, 1.54) is 11.3 Å². The first-order valence-corrected chi connectivity index (χ1v) is 7.45. The average molecular weight is 404 g/mol. The molecular formula is C16H29IN4. The Morgan fingerprint density at radius 2 is 1.62 bits per heavy atom. The zero-order chi connectivity index (χ0) is 14.8. The maximum Gasteiger partial charge on any atom is 0.191 e. The van der Waals surface area contributed by atoms with E-state index < -0.39 is 0 Å². The summed E-state index contributed by atoms with van der Waals surface area (Å²) in [6, 6.07) is 8.74. The minimum absolute atomic E-state index is 0. The Kier molecular flexibility index (Phi) is 11.1. The molecule has 0 aromatic heterocycles. The number of aliphatic imine (C=N–C) groups is 1. The van der Waals surface area contributed by atoms with Gasteiger partial charge < -0.3 is 15.5 Å². The van der Waals surface area contributed by atoms with Crippen molar-refractivity contribution in [3.05, 3.63) is 29.8 Å². The first-order valence-electron chi connectivity index (χ1n) is 7.45. The van der Waals surface area contributed by atoms with Crippen LogP contribution in [0.25, 0.3) is 0 Å². The smallest absolute Gasteiger partial charge is 0.191 e. The molecule has 0 aliphatic heterocycles. The van der Waals surface area contributed by atoms with Crippen molar-refractivity contribution in [1.82, 2.24) is 10.6 Å². The fourth-order valence-corrected chi connectivity index (χ4v) is 1.94. The molecule has 0 fully saturated rings. The fraction of sp³-hybridized carbons (Fsp3) is 0.562. The van der Waals surface area contributed by atoms with Crippen LogP contribution in [0.3, 0.4) is 0 Å². The zero-order valence-electron chi connectivity index (χ0n) is 13.6. The molecule has 120 valence electrons. The minimum atomic E-state index is 0. The first kappa shape index (κ1) is 20.0. The van der Waals surface area contributed by atoms with Crippen LogP contribution in [0.5, 0.6) is 0 Å². The number of hydrogen-bond acceptors (Lipinski definition) is 2. The normalized spacial score (nSPS) is 9.52. The Hall–Kier alpha value is -0.980. The van der Waals surface area contributed by atoms with Crippen LogP contribution >= 0.6 is 24.0 Å². The molecule has 0 heterocycles. The highest BCUT2D eigenvalue weighted by Crippen LogP contribution is 2.13. The molecule has 1 aromatic rings. The molecule has 0 unspecified atom stereocenters. The standard InChI is InChI=1S/C16H28N4.HI/c1-5-17-16(18-6-2)19-13-7-8-14-9-11-15(12-10-14)20(3)4;/h9-12H,5-8,13H2,1-4H3,(H2,17,18,19);1H. The highest BCUT2D eigenvalue weighted by molar-refractivity contribution is 14.0. The van der Waals surface area contributed by atoms with Crippen molar-refractivity contribution in [1.29, 1.82) is 0 Å². The number of rotatable bonds is 7. The van der Waals surface area contributed by atoms with Gasteiger partial charge in [0.25, 0.3) is 0 Å². The first-order chi connectivity index (χ1) is 9.67. The highest BCUT2D eigenvalue weighted by atomic mass is 127. The van der Waals surface area contributed by atoms with Crippen molar-refractivity contribution in [2.24, 2.45) is 4.99 Å².